The zero-order valence-corrected chi connectivity index (χ0v) is 19.8. The topological polar surface area (TPSA) is 62.0 Å². The van der Waals surface area contributed by atoms with Crippen LogP contribution >= 0.6 is 11.6 Å². The van der Waals surface area contributed by atoms with Crippen molar-refractivity contribution >= 4 is 28.7 Å². The Morgan fingerprint density at radius 3 is 2.69 bits per heavy atom. The third-order valence-corrected chi connectivity index (χ3v) is 6.22. The smallest absolute Gasteiger partial charge is 0.275 e. The number of aromatic nitrogens is 2. The van der Waals surface area contributed by atoms with E-state index in [1.165, 1.54) is 4.57 Å². The molecule has 7 nitrogen and oxygen atoms in total. The predicted octanol–water partition coefficient (Wildman–Crippen LogP) is 3.09. The van der Waals surface area contributed by atoms with E-state index in [9.17, 15) is 9.59 Å². The first-order valence-corrected chi connectivity index (χ1v) is 11.3. The SMILES string of the molecule is CC(C)NC(=O)Cn1c(-c2cccc(Cl)c2)cn2cc(N3CCC(N(C)C)C3)cc2c1=O. The molecule has 32 heavy (non-hydrogen) atoms. The van der Waals surface area contributed by atoms with Gasteiger partial charge in [0.2, 0.25) is 5.91 Å². The fraction of sp³-hybridized carbons (Fsp3) is 0.417. The van der Waals surface area contributed by atoms with Crippen molar-refractivity contribution in [3.63, 3.8) is 0 Å². The number of likely N-dealkylation sites (N-methyl/N-ethyl adjacent to an activating group) is 1. The van der Waals surface area contributed by atoms with Crippen LogP contribution in [0.25, 0.3) is 16.8 Å². The molecule has 1 N–H and O–H groups in total. The summed E-state index contributed by atoms with van der Waals surface area (Å²) in [5, 5.41) is 3.45. The molecule has 1 amide bonds. The summed E-state index contributed by atoms with van der Waals surface area (Å²) in [6.45, 7) is 5.63. The minimum atomic E-state index is -0.199. The number of rotatable bonds is 6. The number of carbonyl (C=O) groups is 1. The van der Waals surface area contributed by atoms with Gasteiger partial charge in [0.15, 0.2) is 0 Å². The van der Waals surface area contributed by atoms with Crippen molar-refractivity contribution < 1.29 is 4.79 Å². The summed E-state index contributed by atoms with van der Waals surface area (Å²) in [6, 6.07) is 9.77. The number of carbonyl (C=O) groups excluding carboxylic acids is 1. The number of benzene rings is 1. The van der Waals surface area contributed by atoms with Gasteiger partial charge in [-0.2, -0.15) is 0 Å². The van der Waals surface area contributed by atoms with Gasteiger partial charge in [0.05, 0.1) is 11.4 Å². The largest absolute Gasteiger partial charge is 0.369 e. The standard InChI is InChI=1S/C24H30ClN5O2/c1-16(2)26-23(31)15-30-22(17-6-5-7-18(25)10-17)14-29-13-20(11-21(29)24(30)32)28-9-8-19(12-28)27(3)4/h5-7,10-11,13-14,16,19H,8-9,12,15H2,1-4H3,(H,26,31). The van der Waals surface area contributed by atoms with Crippen LogP contribution in [0.1, 0.15) is 20.3 Å². The van der Waals surface area contributed by atoms with Crippen molar-refractivity contribution in [2.45, 2.75) is 38.9 Å². The Kier molecular flexibility index (Phi) is 6.31. The summed E-state index contributed by atoms with van der Waals surface area (Å²) < 4.78 is 3.41. The van der Waals surface area contributed by atoms with E-state index in [2.05, 4.69) is 29.2 Å². The number of fused-ring (bicyclic) bond motifs is 1. The van der Waals surface area contributed by atoms with E-state index in [0.717, 1.165) is 30.8 Å². The number of hydrogen-bond acceptors (Lipinski definition) is 4. The van der Waals surface area contributed by atoms with Crippen molar-refractivity contribution in [2.75, 3.05) is 32.1 Å². The van der Waals surface area contributed by atoms with Gasteiger partial charge in [-0.15, -0.1) is 0 Å². The summed E-state index contributed by atoms with van der Waals surface area (Å²) in [6.07, 6.45) is 5.00. The second-order valence-corrected chi connectivity index (χ2v) is 9.42. The minimum Gasteiger partial charge on any atom is -0.369 e. The van der Waals surface area contributed by atoms with Gasteiger partial charge in [0.25, 0.3) is 5.56 Å². The molecule has 4 rings (SSSR count). The lowest BCUT2D eigenvalue weighted by molar-refractivity contribution is -0.122. The van der Waals surface area contributed by atoms with E-state index in [4.69, 9.17) is 11.6 Å². The van der Waals surface area contributed by atoms with Crippen molar-refractivity contribution in [2.24, 2.45) is 0 Å². The lowest BCUT2D eigenvalue weighted by Crippen LogP contribution is -2.36. The van der Waals surface area contributed by atoms with Gasteiger partial charge in [-0.05, 0) is 52.6 Å². The van der Waals surface area contributed by atoms with Crippen molar-refractivity contribution in [3.8, 4) is 11.3 Å². The van der Waals surface area contributed by atoms with Gasteiger partial charge in [-0.25, -0.2) is 0 Å². The first-order valence-electron chi connectivity index (χ1n) is 10.9. The Bertz CT molecular complexity index is 1200. The maximum atomic E-state index is 13.5. The number of nitrogens with one attached hydrogen (secondary N) is 1. The van der Waals surface area contributed by atoms with Crippen LogP contribution in [0.4, 0.5) is 5.69 Å². The Morgan fingerprint density at radius 1 is 1.25 bits per heavy atom. The highest BCUT2D eigenvalue weighted by Crippen LogP contribution is 2.27. The molecule has 0 radical (unpaired) electrons. The van der Waals surface area contributed by atoms with E-state index in [1.807, 2.05) is 54.9 Å². The molecule has 1 atom stereocenters. The van der Waals surface area contributed by atoms with E-state index in [0.29, 0.717) is 22.3 Å². The van der Waals surface area contributed by atoms with E-state index in [-0.39, 0.29) is 24.1 Å². The third-order valence-electron chi connectivity index (χ3n) is 5.98. The number of amides is 1. The summed E-state index contributed by atoms with van der Waals surface area (Å²) >= 11 is 6.22. The highest BCUT2D eigenvalue weighted by Gasteiger charge is 2.25. The van der Waals surface area contributed by atoms with E-state index >= 15 is 0 Å². The Morgan fingerprint density at radius 2 is 2.03 bits per heavy atom. The molecule has 170 valence electrons. The predicted molar refractivity (Wildman–Crippen MR) is 130 cm³/mol. The van der Waals surface area contributed by atoms with E-state index in [1.54, 1.807) is 6.07 Å². The summed E-state index contributed by atoms with van der Waals surface area (Å²) in [5.74, 6) is -0.199. The second kappa shape index (κ2) is 9.00. The third kappa shape index (κ3) is 4.54. The van der Waals surface area contributed by atoms with Crippen molar-refractivity contribution in [1.29, 1.82) is 0 Å². The summed E-state index contributed by atoms with van der Waals surface area (Å²) in [4.78, 5) is 30.6. The van der Waals surface area contributed by atoms with Gasteiger partial charge in [-0.3, -0.25) is 14.2 Å². The minimum absolute atomic E-state index is 0.00346. The average molecular weight is 456 g/mol. The van der Waals surface area contributed by atoms with Crippen LogP contribution < -0.4 is 15.8 Å². The summed E-state index contributed by atoms with van der Waals surface area (Å²) in [5.41, 5.74) is 2.82. The Labute approximate surface area is 193 Å². The summed E-state index contributed by atoms with van der Waals surface area (Å²) in [7, 11) is 4.20. The molecule has 0 bridgehead atoms. The number of anilines is 1. The lowest BCUT2D eigenvalue weighted by Gasteiger charge is -2.20. The van der Waals surface area contributed by atoms with Crippen LogP contribution in [0.2, 0.25) is 5.02 Å². The first kappa shape index (κ1) is 22.4. The Balaban J connectivity index is 1.80. The van der Waals surface area contributed by atoms with Gasteiger partial charge in [0, 0.05) is 48.2 Å². The molecule has 8 heteroatoms. The van der Waals surface area contributed by atoms with Crippen LogP contribution in [-0.4, -0.2) is 59.0 Å². The molecular formula is C24H30ClN5O2. The van der Waals surface area contributed by atoms with Crippen molar-refractivity contribution in [3.05, 3.63) is 58.1 Å². The molecule has 0 saturated carbocycles. The zero-order chi connectivity index (χ0) is 23.0. The molecule has 3 heterocycles. The van der Waals surface area contributed by atoms with Crippen LogP contribution in [0.15, 0.2) is 47.5 Å². The lowest BCUT2D eigenvalue weighted by atomic mass is 10.1. The number of nitrogens with zero attached hydrogens (tertiary/aromatic N) is 4. The normalized spacial score (nSPS) is 16.5. The molecule has 1 unspecified atom stereocenters. The number of halogens is 1. The monoisotopic (exact) mass is 455 g/mol. The fourth-order valence-electron chi connectivity index (χ4n) is 4.31. The highest BCUT2D eigenvalue weighted by atomic mass is 35.5. The maximum absolute atomic E-state index is 13.5. The van der Waals surface area contributed by atoms with Crippen molar-refractivity contribution in [1.82, 2.24) is 19.2 Å². The maximum Gasteiger partial charge on any atom is 0.275 e. The Hall–Kier alpha value is -2.77. The molecule has 0 aliphatic carbocycles. The second-order valence-electron chi connectivity index (χ2n) is 8.98. The molecule has 1 aromatic carbocycles. The molecular weight excluding hydrogens is 426 g/mol. The van der Waals surface area contributed by atoms with Gasteiger partial charge >= 0.3 is 0 Å². The highest BCUT2D eigenvalue weighted by molar-refractivity contribution is 6.30. The molecule has 1 aliphatic rings. The van der Waals surface area contributed by atoms with Crippen LogP contribution in [-0.2, 0) is 11.3 Å². The zero-order valence-electron chi connectivity index (χ0n) is 19.0. The molecule has 1 aliphatic heterocycles. The quantitative estimate of drug-likeness (QED) is 0.620. The molecule has 1 saturated heterocycles. The molecule has 3 aromatic rings. The van der Waals surface area contributed by atoms with E-state index < -0.39 is 0 Å². The molecule has 0 spiro atoms. The average Bonchev–Trinajstić information content (AvgIpc) is 3.36. The molecule has 2 aromatic heterocycles. The molecule has 1 fully saturated rings. The first-order chi connectivity index (χ1) is 15.2. The van der Waals surface area contributed by atoms with Gasteiger partial charge in [-0.1, -0.05) is 23.7 Å². The van der Waals surface area contributed by atoms with Crippen LogP contribution in [0, 0.1) is 0 Å². The van der Waals surface area contributed by atoms with Gasteiger partial charge < -0.3 is 19.5 Å². The van der Waals surface area contributed by atoms with Crippen LogP contribution in [0.5, 0.6) is 0 Å². The van der Waals surface area contributed by atoms with Crippen LogP contribution in [0.3, 0.4) is 0 Å². The fourth-order valence-corrected chi connectivity index (χ4v) is 4.50. The number of hydrogen-bond donors (Lipinski definition) is 1. The van der Waals surface area contributed by atoms with Gasteiger partial charge in [0.1, 0.15) is 12.1 Å².